The van der Waals surface area contributed by atoms with Crippen molar-refractivity contribution >= 4 is 28.6 Å². The summed E-state index contributed by atoms with van der Waals surface area (Å²) >= 11 is 5.76. The SMILES string of the molecule is C=C(C)CNc1nc(Cl)nc2nc[nH]c12. The molecule has 2 heterocycles. The molecule has 0 atom stereocenters. The van der Waals surface area contributed by atoms with Crippen LogP contribution in [0.5, 0.6) is 0 Å². The molecule has 15 heavy (non-hydrogen) atoms. The number of nitrogens with one attached hydrogen (secondary N) is 2. The summed E-state index contributed by atoms with van der Waals surface area (Å²) in [4.78, 5) is 15.0. The van der Waals surface area contributed by atoms with Crippen LogP contribution in [0.3, 0.4) is 0 Å². The minimum absolute atomic E-state index is 0.179. The molecule has 0 aliphatic heterocycles. The minimum Gasteiger partial charge on any atom is -0.364 e. The zero-order valence-corrected chi connectivity index (χ0v) is 8.97. The maximum atomic E-state index is 5.76. The lowest BCUT2D eigenvalue weighted by atomic mass is 10.3. The number of halogens is 1. The van der Waals surface area contributed by atoms with E-state index in [9.17, 15) is 0 Å². The molecule has 0 fully saturated rings. The highest BCUT2D eigenvalue weighted by Gasteiger charge is 2.07. The molecule has 0 bridgehead atoms. The van der Waals surface area contributed by atoms with Gasteiger partial charge in [-0.15, -0.1) is 0 Å². The van der Waals surface area contributed by atoms with Gasteiger partial charge in [-0.1, -0.05) is 12.2 Å². The molecule has 0 radical (unpaired) electrons. The van der Waals surface area contributed by atoms with E-state index in [-0.39, 0.29) is 5.28 Å². The van der Waals surface area contributed by atoms with E-state index in [0.29, 0.717) is 18.0 Å². The first-order valence-electron chi connectivity index (χ1n) is 4.41. The van der Waals surface area contributed by atoms with Crippen LogP contribution in [-0.2, 0) is 0 Å². The molecular formula is C9H10ClN5. The van der Waals surface area contributed by atoms with Crippen molar-refractivity contribution in [2.24, 2.45) is 0 Å². The Morgan fingerprint density at radius 2 is 2.40 bits per heavy atom. The minimum atomic E-state index is 0.179. The quantitative estimate of drug-likeness (QED) is 0.617. The van der Waals surface area contributed by atoms with E-state index < -0.39 is 0 Å². The van der Waals surface area contributed by atoms with E-state index in [1.807, 2.05) is 6.92 Å². The highest BCUT2D eigenvalue weighted by molar-refractivity contribution is 6.28. The first-order chi connectivity index (χ1) is 7.16. The van der Waals surface area contributed by atoms with Gasteiger partial charge in [-0.3, -0.25) is 0 Å². The molecule has 2 N–H and O–H groups in total. The van der Waals surface area contributed by atoms with Gasteiger partial charge in [0.05, 0.1) is 6.33 Å². The van der Waals surface area contributed by atoms with Crippen molar-refractivity contribution in [3.8, 4) is 0 Å². The van der Waals surface area contributed by atoms with Crippen LogP contribution in [0, 0.1) is 0 Å². The lowest BCUT2D eigenvalue weighted by Gasteiger charge is -2.05. The first kappa shape index (κ1) is 9.92. The molecule has 0 aliphatic rings. The van der Waals surface area contributed by atoms with Crippen molar-refractivity contribution in [3.63, 3.8) is 0 Å². The Morgan fingerprint density at radius 3 is 3.13 bits per heavy atom. The van der Waals surface area contributed by atoms with E-state index >= 15 is 0 Å². The number of rotatable bonds is 3. The Balaban J connectivity index is 2.39. The molecular weight excluding hydrogens is 214 g/mol. The van der Waals surface area contributed by atoms with Crippen LogP contribution in [-0.4, -0.2) is 26.5 Å². The van der Waals surface area contributed by atoms with Crippen LogP contribution in [0.1, 0.15) is 6.92 Å². The fraction of sp³-hybridized carbons (Fsp3) is 0.222. The molecule has 0 amide bonds. The molecule has 0 saturated carbocycles. The summed E-state index contributed by atoms with van der Waals surface area (Å²) in [6, 6.07) is 0. The summed E-state index contributed by atoms with van der Waals surface area (Å²) < 4.78 is 0. The Kier molecular flexibility index (Phi) is 2.55. The van der Waals surface area contributed by atoms with Gasteiger partial charge < -0.3 is 10.3 Å². The number of aromatic amines is 1. The number of imidazole rings is 1. The first-order valence-corrected chi connectivity index (χ1v) is 4.79. The molecule has 5 nitrogen and oxygen atoms in total. The lowest BCUT2D eigenvalue weighted by molar-refractivity contribution is 1.14. The zero-order valence-electron chi connectivity index (χ0n) is 8.21. The standard InChI is InChI=1S/C9H10ClN5/c1-5(2)3-11-7-6-8(13-4-12-6)15-9(10)14-7/h4H,1,3H2,2H3,(H2,11,12,13,14,15). The van der Waals surface area contributed by atoms with E-state index in [1.165, 1.54) is 0 Å². The topological polar surface area (TPSA) is 66.5 Å². The maximum Gasteiger partial charge on any atom is 0.226 e. The number of aromatic nitrogens is 4. The number of anilines is 1. The van der Waals surface area contributed by atoms with E-state index in [2.05, 4.69) is 31.8 Å². The molecule has 2 aromatic rings. The zero-order chi connectivity index (χ0) is 10.8. The predicted molar refractivity (Wildman–Crippen MR) is 60.0 cm³/mol. The van der Waals surface area contributed by atoms with Crippen molar-refractivity contribution in [1.29, 1.82) is 0 Å². The lowest BCUT2D eigenvalue weighted by Crippen LogP contribution is -2.05. The molecule has 0 unspecified atom stereocenters. The van der Waals surface area contributed by atoms with Crippen molar-refractivity contribution in [3.05, 3.63) is 23.8 Å². The number of fused-ring (bicyclic) bond motifs is 1. The highest BCUT2D eigenvalue weighted by Crippen LogP contribution is 2.18. The fourth-order valence-electron chi connectivity index (χ4n) is 1.17. The molecule has 78 valence electrons. The van der Waals surface area contributed by atoms with Crippen LogP contribution in [0.2, 0.25) is 5.28 Å². The normalized spacial score (nSPS) is 10.5. The number of nitrogens with zero attached hydrogens (tertiary/aromatic N) is 3. The van der Waals surface area contributed by atoms with Gasteiger partial charge in [-0.25, -0.2) is 4.98 Å². The van der Waals surface area contributed by atoms with Gasteiger partial charge in [0.25, 0.3) is 0 Å². The van der Waals surface area contributed by atoms with Crippen LogP contribution >= 0.6 is 11.6 Å². The average Bonchev–Trinajstić information content (AvgIpc) is 2.61. The van der Waals surface area contributed by atoms with Gasteiger partial charge in [0.2, 0.25) is 5.28 Å². The smallest absolute Gasteiger partial charge is 0.226 e. The van der Waals surface area contributed by atoms with Crippen LogP contribution in [0.4, 0.5) is 5.82 Å². The van der Waals surface area contributed by atoms with Gasteiger partial charge in [-0.05, 0) is 18.5 Å². The summed E-state index contributed by atoms with van der Waals surface area (Å²) in [5.41, 5.74) is 2.32. The molecule has 2 aromatic heterocycles. The van der Waals surface area contributed by atoms with Crippen LogP contribution in [0.25, 0.3) is 11.2 Å². The Morgan fingerprint density at radius 1 is 1.60 bits per heavy atom. The second kappa shape index (κ2) is 3.86. The summed E-state index contributed by atoms with van der Waals surface area (Å²) in [5.74, 6) is 0.644. The molecule has 0 aliphatic carbocycles. The summed E-state index contributed by atoms with van der Waals surface area (Å²) in [7, 11) is 0. The Bertz CT molecular complexity index is 504. The third-order valence-electron chi connectivity index (χ3n) is 1.82. The number of hydrogen-bond acceptors (Lipinski definition) is 4. The fourth-order valence-corrected chi connectivity index (χ4v) is 1.33. The Labute approximate surface area is 91.6 Å². The second-order valence-electron chi connectivity index (χ2n) is 3.25. The number of hydrogen-bond donors (Lipinski definition) is 2. The molecule has 0 aromatic carbocycles. The van der Waals surface area contributed by atoms with Crippen molar-refractivity contribution in [1.82, 2.24) is 19.9 Å². The van der Waals surface area contributed by atoms with Crippen molar-refractivity contribution in [2.75, 3.05) is 11.9 Å². The predicted octanol–water partition coefficient (Wildman–Crippen LogP) is 1.99. The third kappa shape index (κ3) is 2.07. The maximum absolute atomic E-state index is 5.76. The van der Waals surface area contributed by atoms with Crippen LogP contribution < -0.4 is 5.32 Å². The summed E-state index contributed by atoms with van der Waals surface area (Å²) in [5, 5.41) is 3.29. The van der Waals surface area contributed by atoms with E-state index in [0.717, 1.165) is 11.1 Å². The third-order valence-corrected chi connectivity index (χ3v) is 1.98. The van der Waals surface area contributed by atoms with Gasteiger partial charge in [0, 0.05) is 6.54 Å². The second-order valence-corrected chi connectivity index (χ2v) is 3.59. The largest absolute Gasteiger partial charge is 0.364 e. The van der Waals surface area contributed by atoms with Gasteiger partial charge in [0.15, 0.2) is 11.5 Å². The highest BCUT2D eigenvalue weighted by atomic mass is 35.5. The van der Waals surface area contributed by atoms with Gasteiger partial charge in [0.1, 0.15) is 5.52 Å². The van der Waals surface area contributed by atoms with E-state index in [4.69, 9.17) is 11.6 Å². The molecule has 2 rings (SSSR count). The summed E-state index contributed by atoms with van der Waals surface area (Å²) in [6.07, 6.45) is 1.56. The van der Waals surface area contributed by atoms with Gasteiger partial charge >= 0.3 is 0 Å². The molecule has 0 spiro atoms. The molecule has 0 saturated heterocycles. The van der Waals surface area contributed by atoms with Crippen LogP contribution in [0.15, 0.2) is 18.5 Å². The van der Waals surface area contributed by atoms with Crippen molar-refractivity contribution < 1.29 is 0 Å². The summed E-state index contributed by atoms with van der Waals surface area (Å²) in [6.45, 7) is 6.37. The monoisotopic (exact) mass is 223 g/mol. The van der Waals surface area contributed by atoms with Crippen molar-refractivity contribution in [2.45, 2.75) is 6.92 Å². The molecule has 6 heteroatoms. The van der Waals surface area contributed by atoms with Gasteiger partial charge in [-0.2, -0.15) is 9.97 Å². The number of H-pyrrole nitrogens is 1. The van der Waals surface area contributed by atoms with E-state index in [1.54, 1.807) is 6.33 Å². The Hall–Kier alpha value is -1.62. The average molecular weight is 224 g/mol.